The summed E-state index contributed by atoms with van der Waals surface area (Å²) in [6, 6.07) is 10.4. The molecule has 0 radical (unpaired) electrons. The van der Waals surface area contributed by atoms with Gasteiger partial charge in [-0.1, -0.05) is 11.6 Å². The third-order valence-corrected chi connectivity index (χ3v) is 4.02. The summed E-state index contributed by atoms with van der Waals surface area (Å²) < 4.78 is 10.4. The minimum absolute atomic E-state index is 0.309. The highest BCUT2D eigenvalue weighted by atomic mass is 35.5. The van der Waals surface area contributed by atoms with Crippen LogP contribution in [0.25, 0.3) is 0 Å². The number of halogens is 1. The van der Waals surface area contributed by atoms with E-state index < -0.39 is 5.97 Å². The summed E-state index contributed by atoms with van der Waals surface area (Å²) in [5.41, 5.74) is 0. The zero-order valence-corrected chi connectivity index (χ0v) is 14.1. The Balaban J connectivity index is 1.61. The van der Waals surface area contributed by atoms with Crippen LogP contribution < -0.4 is 10.1 Å². The van der Waals surface area contributed by atoms with Gasteiger partial charge in [-0.25, -0.2) is 4.79 Å². The molecule has 2 rings (SSSR count). The smallest absolute Gasteiger partial charge is 0.348 e. The first-order valence-corrected chi connectivity index (χ1v) is 8.12. The lowest BCUT2D eigenvalue weighted by molar-refractivity contribution is -0.124. The van der Waals surface area contributed by atoms with Gasteiger partial charge in [0.05, 0.1) is 6.54 Å². The average molecular weight is 354 g/mol. The predicted molar refractivity (Wildman–Crippen MR) is 89.3 cm³/mol. The molecule has 0 aliphatic heterocycles. The number of hydrogen-bond donors (Lipinski definition) is 1. The number of thiophene rings is 1. The van der Waals surface area contributed by atoms with E-state index in [1.54, 1.807) is 30.3 Å². The van der Waals surface area contributed by atoms with E-state index >= 15 is 0 Å². The minimum atomic E-state index is -0.490. The molecular weight excluding hydrogens is 338 g/mol. The quantitative estimate of drug-likeness (QED) is 0.613. The SMILES string of the molecule is Cc1ccc(C(=O)OCC(=O)NCCOc2ccc(Cl)cc2)s1. The largest absolute Gasteiger partial charge is 0.492 e. The number of amides is 1. The summed E-state index contributed by atoms with van der Waals surface area (Å²) in [7, 11) is 0. The molecule has 7 heteroatoms. The second-order valence-corrected chi connectivity index (χ2v) is 6.36. The van der Waals surface area contributed by atoms with Crippen molar-refractivity contribution in [1.29, 1.82) is 0 Å². The molecule has 23 heavy (non-hydrogen) atoms. The van der Waals surface area contributed by atoms with Gasteiger partial charge < -0.3 is 14.8 Å². The van der Waals surface area contributed by atoms with Gasteiger partial charge in [-0.3, -0.25) is 4.79 Å². The van der Waals surface area contributed by atoms with Crippen molar-refractivity contribution in [2.24, 2.45) is 0 Å². The van der Waals surface area contributed by atoms with Gasteiger partial charge in [-0.2, -0.15) is 0 Å². The van der Waals surface area contributed by atoms with Crippen molar-refractivity contribution in [3.05, 3.63) is 51.2 Å². The van der Waals surface area contributed by atoms with Gasteiger partial charge in [-0.15, -0.1) is 11.3 Å². The van der Waals surface area contributed by atoms with Crippen molar-refractivity contribution < 1.29 is 19.1 Å². The maximum Gasteiger partial charge on any atom is 0.348 e. The minimum Gasteiger partial charge on any atom is -0.492 e. The molecule has 0 saturated heterocycles. The summed E-state index contributed by atoms with van der Waals surface area (Å²) in [6.07, 6.45) is 0. The molecule has 0 bridgehead atoms. The molecule has 0 atom stereocenters. The van der Waals surface area contributed by atoms with Crippen molar-refractivity contribution >= 4 is 34.8 Å². The van der Waals surface area contributed by atoms with Crippen LogP contribution in [0, 0.1) is 6.92 Å². The number of carbonyl (C=O) groups is 2. The van der Waals surface area contributed by atoms with Gasteiger partial charge in [0.15, 0.2) is 6.61 Å². The molecule has 0 saturated carbocycles. The Morgan fingerprint density at radius 3 is 2.57 bits per heavy atom. The molecule has 0 aliphatic rings. The van der Waals surface area contributed by atoms with Gasteiger partial charge >= 0.3 is 5.97 Å². The molecule has 1 aromatic heterocycles. The molecule has 0 spiro atoms. The van der Waals surface area contributed by atoms with E-state index in [0.29, 0.717) is 28.8 Å². The number of esters is 1. The summed E-state index contributed by atoms with van der Waals surface area (Å²) in [5.74, 6) is -0.190. The summed E-state index contributed by atoms with van der Waals surface area (Å²) in [4.78, 5) is 24.8. The fourth-order valence-electron chi connectivity index (χ4n) is 1.69. The Kier molecular flexibility index (Phi) is 6.43. The summed E-state index contributed by atoms with van der Waals surface area (Å²) >= 11 is 7.10. The van der Waals surface area contributed by atoms with Crippen LogP contribution in [-0.4, -0.2) is 31.6 Å². The Hall–Kier alpha value is -2.05. The average Bonchev–Trinajstić information content (AvgIpc) is 2.97. The number of hydrogen-bond acceptors (Lipinski definition) is 5. The van der Waals surface area contributed by atoms with Crippen molar-refractivity contribution in [3.63, 3.8) is 0 Å². The molecule has 1 N–H and O–H groups in total. The number of benzene rings is 1. The molecule has 0 aliphatic carbocycles. The van der Waals surface area contributed by atoms with Gasteiger partial charge in [0.2, 0.25) is 0 Å². The van der Waals surface area contributed by atoms with Crippen molar-refractivity contribution in [2.45, 2.75) is 6.92 Å². The third kappa shape index (κ3) is 5.92. The van der Waals surface area contributed by atoms with Crippen molar-refractivity contribution in [1.82, 2.24) is 5.32 Å². The van der Waals surface area contributed by atoms with Gasteiger partial charge in [-0.05, 0) is 43.3 Å². The van der Waals surface area contributed by atoms with E-state index in [-0.39, 0.29) is 12.5 Å². The highest BCUT2D eigenvalue weighted by Gasteiger charge is 2.11. The molecular formula is C16H16ClNO4S. The number of nitrogens with one attached hydrogen (secondary N) is 1. The number of aryl methyl sites for hydroxylation is 1. The lowest BCUT2D eigenvalue weighted by atomic mass is 10.3. The number of rotatable bonds is 7. The maximum absolute atomic E-state index is 11.7. The van der Waals surface area contributed by atoms with Gasteiger partial charge in [0, 0.05) is 9.90 Å². The van der Waals surface area contributed by atoms with Gasteiger partial charge in [0.1, 0.15) is 17.2 Å². The molecule has 122 valence electrons. The van der Waals surface area contributed by atoms with E-state index in [9.17, 15) is 9.59 Å². The molecule has 1 heterocycles. The van der Waals surface area contributed by atoms with E-state index in [2.05, 4.69) is 5.32 Å². The van der Waals surface area contributed by atoms with Crippen LogP contribution >= 0.6 is 22.9 Å². The highest BCUT2D eigenvalue weighted by molar-refractivity contribution is 7.13. The second-order valence-electron chi connectivity index (χ2n) is 4.64. The monoisotopic (exact) mass is 353 g/mol. The lowest BCUT2D eigenvalue weighted by Crippen LogP contribution is -2.32. The third-order valence-electron chi connectivity index (χ3n) is 2.78. The van der Waals surface area contributed by atoms with Crippen LogP contribution in [0.2, 0.25) is 5.02 Å². The standard InChI is InChI=1S/C16H16ClNO4S/c1-11-2-7-14(23-11)16(20)22-10-15(19)18-8-9-21-13-5-3-12(17)4-6-13/h2-7H,8-10H2,1H3,(H,18,19). The fourth-order valence-corrected chi connectivity index (χ4v) is 2.57. The lowest BCUT2D eigenvalue weighted by Gasteiger charge is -2.08. The predicted octanol–water partition coefficient (Wildman–Crippen LogP) is 3.06. The number of ether oxygens (including phenoxy) is 2. The molecule has 0 fully saturated rings. The first-order valence-electron chi connectivity index (χ1n) is 6.93. The zero-order valence-electron chi connectivity index (χ0n) is 12.5. The first-order chi connectivity index (χ1) is 11.0. The first kappa shape index (κ1) is 17.3. The topological polar surface area (TPSA) is 64.6 Å². The Morgan fingerprint density at radius 2 is 1.91 bits per heavy atom. The number of carbonyl (C=O) groups excluding carboxylic acids is 2. The van der Waals surface area contributed by atoms with E-state index in [1.165, 1.54) is 11.3 Å². The normalized spacial score (nSPS) is 10.2. The Bertz CT molecular complexity index is 669. The van der Waals surface area contributed by atoms with E-state index in [0.717, 1.165) is 4.88 Å². The summed E-state index contributed by atoms with van der Waals surface area (Å²) in [6.45, 7) is 2.22. The molecule has 0 unspecified atom stereocenters. The van der Waals surface area contributed by atoms with Gasteiger partial charge in [0.25, 0.3) is 5.91 Å². The van der Waals surface area contributed by atoms with Crippen LogP contribution in [-0.2, 0) is 9.53 Å². The van der Waals surface area contributed by atoms with Crippen LogP contribution in [0.5, 0.6) is 5.75 Å². The Labute approximate surface area is 143 Å². The molecule has 1 amide bonds. The zero-order chi connectivity index (χ0) is 16.7. The van der Waals surface area contributed by atoms with E-state index in [4.69, 9.17) is 21.1 Å². The summed E-state index contributed by atoms with van der Waals surface area (Å²) in [5, 5.41) is 3.25. The molecule has 5 nitrogen and oxygen atoms in total. The van der Waals surface area contributed by atoms with Crippen LogP contribution in [0.15, 0.2) is 36.4 Å². The fraction of sp³-hybridized carbons (Fsp3) is 0.250. The molecule has 1 aromatic carbocycles. The van der Waals surface area contributed by atoms with Crippen LogP contribution in [0.3, 0.4) is 0 Å². The van der Waals surface area contributed by atoms with E-state index in [1.807, 2.05) is 13.0 Å². The van der Waals surface area contributed by atoms with Crippen LogP contribution in [0.4, 0.5) is 0 Å². The van der Waals surface area contributed by atoms with Crippen LogP contribution in [0.1, 0.15) is 14.5 Å². The van der Waals surface area contributed by atoms with Crippen molar-refractivity contribution in [3.8, 4) is 5.75 Å². The highest BCUT2D eigenvalue weighted by Crippen LogP contribution is 2.16. The Morgan fingerprint density at radius 1 is 1.17 bits per heavy atom. The molecule has 2 aromatic rings. The van der Waals surface area contributed by atoms with Crippen molar-refractivity contribution in [2.75, 3.05) is 19.8 Å². The maximum atomic E-state index is 11.7. The second kappa shape index (κ2) is 8.55.